The van der Waals surface area contributed by atoms with Crippen molar-refractivity contribution in [2.75, 3.05) is 18.5 Å². The summed E-state index contributed by atoms with van der Waals surface area (Å²) in [5.74, 6) is -0.525. The Morgan fingerprint density at radius 2 is 1.88 bits per heavy atom. The second kappa shape index (κ2) is 6.90. The molecule has 2 rings (SSSR count). The minimum absolute atomic E-state index is 0.177. The van der Waals surface area contributed by atoms with Crippen molar-refractivity contribution in [2.45, 2.75) is 39.3 Å². The topological polar surface area (TPSA) is 51.2 Å². The number of esters is 1. The molecule has 0 amide bonds. The van der Waals surface area contributed by atoms with Gasteiger partial charge in [0.05, 0.1) is 12.1 Å². The molecule has 0 bridgehead atoms. The van der Waals surface area contributed by atoms with E-state index in [1.165, 1.54) is 6.07 Å². The minimum Gasteiger partial charge on any atom is -0.461 e. The van der Waals surface area contributed by atoms with Crippen LogP contribution in [0.5, 0.6) is 0 Å². The standard InChI is InChI=1S/C18H21F3N2O2/c1-5-25-16(24)14-7-6-11-8-12(22-10-18(19,20)21)9-13(15(11)23-14)17(2,3)4/h6-9,22H,5,10H2,1-4H3. The molecule has 0 saturated heterocycles. The Morgan fingerprint density at radius 3 is 2.44 bits per heavy atom. The summed E-state index contributed by atoms with van der Waals surface area (Å²) in [6, 6.07) is 6.43. The Bertz CT molecular complexity index is 780. The molecule has 0 saturated carbocycles. The molecule has 2 aromatic rings. The summed E-state index contributed by atoms with van der Waals surface area (Å²) in [7, 11) is 0. The lowest BCUT2D eigenvalue weighted by atomic mass is 9.85. The summed E-state index contributed by atoms with van der Waals surface area (Å²) in [4.78, 5) is 16.3. The van der Waals surface area contributed by atoms with Crippen LogP contribution in [0.1, 0.15) is 43.7 Å². The highest BCUT2D eigenvalue weighted by atomic mass is 19.4. The normalized spacial score (nSPS) is 12.3. The smallest absolute Gasteiger partial charge is 0.405 e. The molecule has 1 aromatic heterocycles. The van der Waals surface area contributed by atoms with E-state index in [2.05, 4.69) is 10.3 Å². The largest absolute Gasteiger partial charge is 0.461 e. The second-order valence-electron chi connectivity index (χ2n) is 6.73. The number of hydrogen-bond acceptors (Lipinski definition) is 4. The molecule has 0 fully saturated rings. The SMILES string of the molecule is CCOC(=O)c1ccc2cc(NCC(F)(F)F)cc(C(C)(C)C)c2n1. The molecule has 0 radical (unpaired) electrons. The first kappa shape index (κ1) is 19.0. The van der Waals surface area contributed by atoms with Gasteiger partial charge in [-0.25, -0.2) is 9.78 Å². The first-order chi connectivity index (χ1) is 11.5. The van der Waals surface area contributed by atoms with Gasteiger partial charge in [0.1, 0.15) is 12.2 Å². The molecular weight excluding hydrogens is 333 g/mol. The molecule has 136 valence electrons. The van der Waals surface area contributed by atoms with Crippen LogP contribution in [0.25, 0.3) is 10.9 Å². The maximum atomic E-state index is 12.5. The summed E-state index contributed by atoms with van der Waals surface area (Å²) in [5.41, 5.74) is 1.50. The van der Waals surface area contributed by atoms with Gasteiger partial charge in [0.2, 0.25) is 0 Å². The predicted octanol–water partition coefficient (Wildman–Crippen LogP) is 4.68. The van der Waals surface area contributed by atoms with Crippen molar-refractivity contribution in [3.8, 4) is 0 Å². The van der Waals surface area contributed by atoms with Crippen molar-refractivity contribution >= 4 is 22.6 Å². The van der Waals surface area contributed by atoms with Crippen LogP contribution >= 0.6 is 0 Å². The molecule has 1 N–H and O–H groups in total. The Kier molecular flexibility index (Phi) is 5.25. The highest BCUT2D eigenvalue weighted by molar-refractivity contribution is 5.93. The highest BCUT2D eigenvalue weighted by Gasteiger charge is 2.27. The van der Waals surface area contributed by atoms with Gasteiger partial charge in [-0.15, -0.1) is 0 Å². The number of benzene rings is 1. The van der Waals surface area contributed by atoms with Gasteiger partial charge in [-0.05, 0) is 36.1 Å². The molecule has 0 unspecified atom stereocenters. The number of anilines is 1. The van der Waals surface area contributed by atoms with E-state index in [1.807, 2.05) is 20.8 Å². The van der Waals surface area contributed by atoms with Crippen LogP contribution < -0.4 is 5.32 Å². The molecule has 0 spiro atoms. The number of aromatic nitrogens is 1. The average Bonchev–Trinajstić information content (AvgIpc) is 2.50. The summed E-state index contributed by atoms with van der Waals surface area (Å²) in [6.07, 6.45) is -4.30. The van der Waals surface area contributed by atoms with Gasteiger partial charge in [0.25, 0.3) is 0 Å². The molecule has 1 heterocycles. The summed E-state index contributed by atoms with van der Waals surface area (Å²) < 4.78 is 42.4. The maximum absolute atomic E-state index is 12.5. The molecule has 1 aromatic carbocycles. The third kappa shape index (κ3) is 4.84. The van der Waals surface area contributed by atoms with E-state index in [0.29, 0.717) is 16.6 Å². The fraction of sp³-hybridized carbons (Fsp3) is 0.444. The number of fused-ring (bicyclic) bond motifs is 1. The number of carbonyl (C=O) groups excluding carboxylic acids is 1. The monoisotopic (exact) mass is 354 g/mol. The third-order valence-corrected chi connectivity index (χ3v) is 3.58. The predicted molar refractivity (Wildman–Crippen MR) is 90.9 cm³/mol. The van der Waals surface area contributed by atoms with Crippen LogP contribution in [0.15, 0.2) is 24.3 Å². The van der Waals surface area contributed by atoms with Gasteiger partial charge in [0.15, 0.2) is 0 Å². The lowest BCUT2D eigenvalue weighted by molar-refractivity contribution is -0.115. The Balaban J connectivity index is 2.53. The molecule has 25 heavy (non-hydrogen) atoms. The molecule has 0 aliphatic rings. The Labute approximate surface area is 144 Å². The van der Waals surface area contributed by atoms with Crippen LogP contribution in [0.4, 0.5) is 18.9 Å². The van der Waals surface area contributed by atoms with Crippen molar-refractivity contribution < 1.29 is 22.7 Å². The number of halogens is 3. The van der Waals surface area contributed by atoms with Gasteiger partial charge in [-0.3, -0.25) is 0 Å². The molecule has 0 aliphatic heterocycles. The average molecular weight is 354 g/mol. The van der Waals surface area contributed by atoms with Crippen LogP contribution in [-0.2, 0) is 10.2 Å². The summed E-state index contributed by atoms with van der Waals surface area (Å²) in [5, 5.41) is 3.06. The van der Waals surface area contributed by atoms with Crippen LogP contribution in [-0.4, -0.2) is 30.3 Å². The van der Waals surface area contributed by atoms with Crippen LogP contribution in [0, 0.1) is 0 Å². The highest BCUT2D eigenvalue weighted by Crippen LogP contribution is 2.32. The lowest BCUT2D eigenvalue weighted by Gasteiger charge is -2.22. The van der Waals surface area contributed by atoms with Crippen molar-refractivity contribution in [1.82, 2.24) is 4.98 Å². The summed E-state index contributed by atoms with van der Waals surface area (Å²) >= 11 is 0. The minimum atomic E-state index is -4.30. The van der Waals surface area contributed by atoms with E-state index in [1.54, 1.807) is 25.1 Å². The number of nitrogens with zero attached hydrogens (tertiary/aromatic N) is 1. The number of ether oxygens (including phenoxy) is 1. The number of carbonyl (C=O) groups is 1. The van der Waals surface area contributed by atoms with Crippen LogP contribution in [0.3, 0.4) is 0 Å². The van der Waals surface area contributed by atoms with E-state index in [0.717, 1.165) is 5.56 Å². The quantitative estimate of drug-likeness (QED) is 0.810. The van der Waals surface area contributed by atoms with Crippen molar-refractivity contribution in [3.63, 3.8) is 0 Å². The van der Waals surface area contributed by atoms with Gasteiger partial charge in [-0.2, -0.15) is 13.2 Å². The Morgan fingerprint density at radius 1 is 1.20 bits per heavy atom. The zero-order valence-electron chi connectivity index (χ0n) is 14.6. The maximum Gasteiger partial charge on any atom is 0.405 e. The first-order valence-electron chi connectivity index (χ1n) is 7.94. The fourth-order valence-corrected chi connectivity index (χ4v) is 2.43. The number of rotatable bonds is 4. The molecule has 4 nitrogen and oxygen atoms in total. The van der Waals surface area contributed by atoms with E-state index in [4.69, 9.17) is 4.74 Å². The number of pyridine rings is 1. The Hall–Kier alpha value is -2.31. The van der Waals surface area contributed by atoms with E-state index < -0.39 is 18.7 Å². The molecule has 0 aliphatic carbocycles. The van der Waals surface area contributed by atoms with Gasteiger partial charge < -0.3 is 10.1 Å². The first-order valence-corrected chi connectivity index (χ1v) is 7.94. The van der Waals surface area contributed by atoms with E-state index in [-0.39, 0.29) is 17.7 Å². The number of alkyl halides is 3. The van der Waals surface area contributed by atoms with Crippen molar-refractivity contribution in [3.05, 3.63) is 35.5 Å². The molecule has 7 heteroatoms. The number of nitrogens with one attached hydrogen (secondary N) is 1. The molecular formula is C18H21F3N2O2. The van der Waals surface area contributed by atoms with Crippen molar-refractivity contribution in [2.24, 2.45) is 0 Å². The second-order valence-corrected chi connectivity index (χ2v) is 6.73. The lowest BCUT2D eigenvalue weighted by Crippen LogP contribution is -2.22. The third-order valence-electron chi connectivity index (χ3n) is 3.58. The van der Waals surface area contributed by atoms with Gasteiger partial charge in [-0.1, -0.05) is 26.8 Å². The summed E-state index contributed by atoms with van der Waals surface area (Å²) in [6.45, 7) is 6.65. The zero-order valence-corrected chi connectivity index (χ0v) is 14.6. The molecule has 0 atom stereocenters. The number of hydrogen-bond donors (Lipinski definition) is 1. The van der Waals surface area contributed by atoms with Crippen molar-refractivity contribution in [1.29, 1.82) is 0 Å². The van der Waals surface area contributed by atoms with E-state index in [9.17, 15) is 18.0 Å². The van der Waals surface area contributed by atoms with Gasteiger partial charge in [0, 0.05) is 11.1 Å². The van der Waals surface area contributed by atoms with Gasteiger partial charge >= 0.3 is 12.1 Å². The van der Waals surface area contributed by atoms with Crippen LogP contribution in [0.2, 0.25) is 0 Å². The zero-order chi connectivity index (χ0) is 18.8. The fourth-order valence-electron chi connectivity index (χ4n) is 2.43. The van der Waals surface area contributed by atoms with E-state index >= 15 is 0 Å².